The first kappa shape index (κ1) is 12.6. The maximum atomic E-state index is 9.21. The molecule has 1 unspecified atom stereocenters. The number of fused-ring (bicyclic) bond motifs is 1. The lowest BCUT2D eigenvalue weighted by Crippen LogP contribution is -2.22. The first-order valence-corrected chi connectivity index (χ1v) is 6.90. The molecule has 1 N–H and O–H groups in total. The Morgan fingerprint density at radius 1 is 1.32 bits per heavy atom. The van der Waals surface area contributed by atoms with E-state index >= 15 is 0 Å². The number of aromatic nitrogens is 3. The monoisotopic (exact) mass is 277 g/mol. The van der Waals surface area contributed by atoms with E-state index in [-0.39, 0.29) is 6.61 Å². The van der Waals surface area contributed by atoms with Gasteiger partial charge in [-0.3, -0.25) is 0 Å². The molecule has 0 aliphatic carbocycles. The highest BCUT2D eigenvalue weighted by Crippen LogP contribution is 2.19. The molecule has 3 rings (SSSR count). The van der Waals surface area contributed by atoms with E-state index in [1.165, 1.54) is 0 Å². The van der Waals surface area contributed by atoms with E-state index in [1.807, 2.05) is 28.9 Å². The maximum Gasteiger partial charge on any atom is 0.155 e. The Morgan fingerprint density at radius 3 is 2.84 bits per heavy atom. The van der Waals surface area contributed by atoms with Crippen LogP contribution in [-0.2, 0) is 19.4 Å². The van der Waals surface area contributed by atoms with Crippen molar-refractivity contribution in [3.05, 3.63) is 46.5 Å². The zero-order valence-corrected chi connectivity index (χ0v) is 11.3. The fourth-order valence-corrected chi connectivity index (χ4v) is 2.56. The molecule has 1 aromatic carbocycles. The summed E-state index contributed by atoms with van der Waals surface area (Å²) in [6.07, 6.45) is 2.53. The van der Waals surface area contributed by atoms with E-state index in [9.17, 15) is 5.11 Å². The predicted octanol–water partition coefficient (Wildman–Crippen LogP) is 2.08. The minimum atomic E-state index is 0.235. The van der Waals surface area contributed by atoms with Gasteiger partial charge in [-0.05, 0) is 30.0 Å². The highest BCUT2D eigenvalue weighted by atomic mass is 35.5. The molecule has 1 aliphatic heterocycles. The van der Waals surface area contributed by atoms with Gasteiger partial charge in [-0.2, -0.15) is 5.10 Å². The van der Waals surface area contributed by atoms with Crippen molar-refractivity contribution < 1.29 is 5.11 Å². The molecule has 0 bridgehead atoms. The topological polar surface area (TPSA) is 50.9 Å². The van der Waals surface area contributed by atoms with Gasteiger partial charge in [0.1, 0.15) is 5.82 Å². The van der Waals surface area contributed by atoms with E-state index in [4.69, 9.17) is 11.6 Å². The van der Waals surface area contributed by atoms with Crippen LogP contribution in [-0.4, -0.2) is 26.5 Å². The van der Waals surface area contributed by atoms with E-state index in [1.54, 1.807) is 0 Å². The predicted molar refractivity (Wildman–Crippen MR) is 73.2 cm³/mol. The smallest absolute Gasteiger partial charge is 0.155 e. The molecule has 2 aromatic rings. The van der Waals surface area contributed by atoms with Gasteiger partial charge in [-0.25, -0.2) is 9.67 Å². The first-order chi connectivity index (χ1) is 9.24. The molecule has 100 valence electrons. The number of aliphatic hydroxyl groups is 1. The molecule has 0 fully saturated rings. The van der Waals surface area contributed by atoms with Crippen LogP contribution in [0.3, 0.4) is 0 Å². The Kier molecular flexibility index (Phi) is 3.53. The van der Waals surface area contributed by atoms with Crippen molar-refractivity contribution in [2.24, 2.45) is 5.92 Å². The number of aliphatic hydroxyl groups excluding tert-OH is 1. The van der Waals surface area contributed by atoms with E-state index < -0.39 is 0 Å². The minimum Gasteiger partial charge on any atom is -0.396 e. The van der Waals surface area contributed by atoms with Crippen LogP contribution in [0.2, 0.25) is 5.02 Å². The molecular formula is C14H16ClN3O. The Hall–Kier alpha value is -1.39. The molecule has 5 heteroatoms. The molecule has 1 aliphatic rings. The van der Waals surface area contributed by atoms with Crippen molar-refractivity contribution in [1.29, 1.82) is 0 Å². The van der Waals surface area contributed by atoms with Crippen LogP contribution >= 0.6 is 11.6 Å². The SMILES string of the molecule is OCC1CCn2nc(Cc3ccc(Cl)cc3)nc2C1. The second-order valence-corrected chi connectivity index (χ2v) is 5.45. The van der Waals surface area contributed by atoms with Crippen molar-refractivity contribution in [2.45, 2.75) is 25.8 Å². The summed E-state index contributed by atoms with van der Waals surface area (Å²) in [7, 11) is 0. The van der Waals surface area contributed by atoms with Crippen molar-refractivity contribution in [3.63, 3.8) is 0 Å². The number of hydrogen-bond acceptors (Lipinski definition) is 3. The second kappa shape index (κ2) is 5.31. The fourth-order valence-electron chi connectivity index (χ4n) is 2.44. The molecule has 19 heavy (non-hydrogen) atoms. The van der Waals surface area contributed by atoms with Crippen LogP contribution in [0.1, 0.15) is 23.6 Å². The summed E-state index contributed by atoms with van der Waals surface area (Å²) >= 11 is 5.87. The highest BCUT2D eigenvalue weighted by Gasteiger charge is 2.21. The zero-order valence-electron chi connectivity index (χ0n) is 10.6. The summed E-state index contributed by atoms with van der Waals surface area (Å²) in [5.41, 5.74) is 1.16. The zero-order chi connectivity index (χ0) is 13.2. The average molecular weight is 278 g/mol. The number of aryl methyl sites for hydroxylation is 1. The lowest BCUT2D eigenvalue weighted by Gasteiger charge is -2.19. The summed E-state index contributed by atoms with van der Waals surface area (Å²) in [5, 5.41) is 14.5. The molecule has 2 heterocycles. The van der Waals surface area contributed by atoms with Crippen LogP contribution in [0, 0.1) is 5.92 Å². The summed E-state index contributed by atoms with van der Waals surface area (Å²) in [6.45, 7) is 1.09. The van der Waals surface area contributed by atoms with E-state index in [0.29, 0.717) is 5.92 Å². The fraction of sp³-hybridized carbons (Fsp3) is 0.429. The first-order valence-electron chi connectivity index (χ1n) is 6.52. The van der Waals surface area contributed by atoms with Gasteiger partial charge in [0.05, 0.1) is 0 Å². The molecule has 1 aromatic heterocycles. The Morgan fingerprint density at radius 2 is 2.11 bits per heavy atom. The number of nitrogens with zero attached hydrogens (tertiary/aromatic N) is 3. The summed E-state index contributed by atoms with van der Waals surface area (Å²) in [4.78, 5) is 4.57. The van der Waals surface area contributed by atoms with Crippen molar-refractivity contribution >= 4 is 11.6 Å². The molecule has 4 nitrogen and oxygen atoms in total. The third-order valence-corrected chi connectivity index (χ3v) is 3.80. The summed E-state index contributed by atoms with van der Waals surface area (Å²) in [6, 6.07) is 7.76. The Labute approximate surface area is 117 Å². The molecule has 0 saturated carbocycles. The van der Waals surface area contributed by atoms with Crippen LogP contribution in [0.25, 0.3) is 0 Å². The van der Waals surface area contributed by atoms with Gasteiger partial charge in [0.25, 0.3) is 0 Å². The maximum absolute atomic E-state index is 9.21. The Bertz CT molecular complexity index is 565. The quantitative estimate of drug-likeness (QED) is 0.934. The lowest BCUT2D eigenvalue weighted by atomic mass is 9.99. The third-order valence-electron chi connectivity index (χ3n) is 3.55. The Balaban J connectivity index is 1.76. The van der Waals surface area contributed by atoms with Crippen LogP contribution in [0.5, 0.6) is 0 Å². The van der Waals surface area contributed by atoms with Gasteiger partial charge in [0.15, 0.2) is 5.82 Å². The molecule has 0 radical (unpaired) electrons. The van der Waals surface area contributed by atoms with Gasteiger partial charge in [0.2, 0.25) is 0 Å². The number of halogens is 1. The lowest BCUT2D eigenvalue weighted by molar-refractivity contribution is 0.196. The summed E-state index contributed by atoms with van der Waals surface area (Å²) < 4.78 is 1.97. The minimum absolute atomic E-state index is 0.235. The third kappa shape index (κ3) is 2.80. The van der Waals surface area contributed by atoms with Gasteiger partial charge in [-0.15, -0.1) is 0 Å². The van der Waals surface area contributed by atoms with Gasteiger partial charge in [0, 0.05) is 31.0 Å². The van der Waals surface area contributed by atoms with Crippen molar-refractivity contribution in [2.75, 3.05) is 6.61 Å². The van der Waals surface area contributed by atoms with Crippen LogP contribution in [0.15, 0.2) is 24.3 Å². The molecular weight excluding hydrogens is 262 g/mol. The van der Waals surface area contributed by atoms with E-state index in [0.717, 1.165) is 48.0 Å². The largest absolute Gasteiger partial charge is 0.396 e. The molecule has 0 amide bonds. The second-order valence-electron chi connectivity index (χ2n) is 5.01. The number of hydrogen-bond donors (Lipinski definition) is 1. The summed E-state index contributed by atoms with van der Waals surface area (Å²) in [5.74, 6) is 2.17. The molecule has 1 atom stereocenters. The van der Waals surface area contributed by atoms with Crippen LogP contribution < -0.4 is 0 Å². The number of benzene rings is 1. The normalized spacial score (nSPS) is 18.3. The van der Waals surface area contributed by atoms with E-state index in [2.05, 4.69) is 10.1 Å². The van der Waals surface area contributed by atoms with Crippen LogP contribution in [0.4, 0.5) is 0 Å². The van der Waals surface area contributed by atoms with Gasteiger partial charge in [-0.1, -0.05) is 23.7 Å². The van der Waals surface area contributed by atoms with Crippen molar-refractivity contribution in [3.8, 4) is 0 Å². The van der Waals surface area contributed by atoms with Gasteiger partial charge < -0.3 is 5.11 Å². The highest BCUT2D eigenvalue weighted by molar-refractivity contribution is 6.30. The number of rotatable bonds is 3. The van der Waals surface area contributed by atoms with Gasteiger partial charge >= 0.3 is 0 Å². The standard InChI is InChI=1S/C14H16ClN3O/c15-12-3-1-10(2-4-12)7-13-16-14-8-11(9-19)5-6-18(14)17-13/h1-4,11,19H,5-9H2. The molecule has 0 spiro atoms. The molecule has 0 saturated heterocycles. The van der Waals surface area contributed by atoms with Crippen molar-refractivity contribution in [1.82, 2.24) is 14.8 Å². The average Bonchev–Trinajstić information content (AvgIpc) is 2.82.